The van der Waals surface area contributed by atoms with Crippen molar-refractivity contribution in [1.82, 2.24) is 14.7 Å². The molecule has 0 unspecified atom stereocenters. The third kappa shape index (κ3) is 3.48. The van der Waals surface area contributed by atoms with E-state index in [4.69, 9.17) is 9.47 Å². The molecule has 3 heterocycles. The first kappa shape index (κ1) is 16.0. The van der Waals surface area contributed by atoms with Gasteiger partial charge < -0.3 is 14.4 Å². The van der Waals surface area contributed by atoms with Crippen LogP contribution in [0, 0.1) is 6.92 Å². The van der Waals surface area contributed by atoms with Gasteiger partial charge in [-0.2, -0.15) is 5.10 Å². The highest BCUT2D eigenvalue weighted by Crippen LogP contribution is 2.33. The van der Waals surface area contributed by atoms with E-state index in [1.807, 2.05) is 40.9 Å². The van der Waals surface area contributed by atoms with Crippen molar-refractivity contribution in [1.29, 1.82) is 0 Å². The molecule has 0 radical (unpaired) electrons. The van der Waals surface area contributed by atoms with Crippen LogP contribution in [-0.2, 0) is 11.2 Å². The summed E-state index contributed by atoms with van der Waals surface area (Å²) < 4.78 is 12.7. The number of aryl methyl sites for hydroxylation is 2. The van der Waals surface area contributed by atoms with Crippen molar-refractivity contribution in [3.63, 3.8) is 0 Å². The van der Waals surface area contributed by atoms with Crippen molar-refractivity contribution in [2.24, 2.45) is 0 Å². The van der Waals surface area contributed by atoms with Crippen LogP contribution < -0.4 is 9.47 Å². The molecule has 0 saturated carbocycles. The highest BCUT2D eigenvalue weighted by molar-refractivity contribution is 5.76. The average Bonchev–Trinajstić information content (AvgIpc) is 3.28. The van der Waals surface area contributed by atoms with Crippen LogP contribution in [0.1, 0.15) is 36.4 Å². The number of benzene rings is 1. The molecule has 6 heteroatoms. The van der Waals surface area contributed by atoms with Gasteiger partial charge >= 0.3 is 0 Å². The van der Waals surface area contributed by atoms with E-state index in [0.29, 0.717) is 6.42 Å². The fourth-order valence-electron chi connectivity index (χ4n) is 3.54. The highest BCUT2D eigenvalue weighted by atomic mass is 16.7. The minimum absolute atomic E-state index is 0.214. The largest absolute Gasteiger partial charge is 0.454 e. The van der Waals surface area contributed by atoms with Crippen LogP contribution >= 0.6 is 0 Å². The monoisotopic (exact) mass is 341 g/mol. The molecular weight excluding hydrogens is 318 g/mol. The molecule has 1 aromatic carbocycles. The predicted octanol–water partition coefficient (Wildman–Crippen LogP) is 2.72. The molecule has 4 rings (SSSR count). The fourth-order valence-corrected chi connectivity index (χ4v) is 3.54. The van der Waals surface area contributed by atoms with Gasteiger partial charge in [0, 0.05) is 25.7 Å². The Balaban J connectivity index is 1.34. The van der Waals surface area contributed by atoms with Gasteiger partial charge in [-0.25, -0.2) is 0 Å². The number of hydrogen-bond donors (Lipinski definition) is 0. The van der Waals surface area contributed by atoms with Crippen molar-refractivity contribution in [2.75, 3.05) is 19.9 Å². The van der Waals surface area contributed by atoms with Crippen LogP contribution in [0.15, 0.2) is 30.6 Å². The number of amides is 1. The lowest BCUT2D eigenvalue weighted by Gasteiger charge is -2.33. The van der Waals surface area contributed by atoms with Crippen LogP contribution in [0.25, 0.3) is 0 Å². The van der Waals surface area contributed by atoms with E-state index in [9.17, 15) is 4.79 Å². The topological polar surface area (TPSA) is 56.6 Å². The van der Waals surface area contributed by atoms with E-state index >= 15 is 0 Å². The molecule has 6 nitrogen and oxygen atoms in total. The number of hydrogen-bond acceptors (Lipinski definition) is 4. The summed E-state index contributed by atoms with van der Waals surface area (Å²) >= 11 is 0. The fraction of sp³-hybridized carbons (Fsp3) is 0.474. The summed E-state index contributed by atoms with van der Waals surface area (Å²) in [6.45, 7) is 3.91. The zero-order chi connectivity index (χ0) is 17.2. The Morgan fingerprint density at radius 1 is 1.32 bits per heavy atom. The average molecular weight is 341 g/mol. The molecule has 25 heavy (non-hydrogen) atoms. The number of ether oxygens (including phenoxy) is 2. The Morgan fingerprint density at radius 2 is 2.20 bits per heavy atom. The van der Waals surface area contributed by atoms with Gasteiger partial charge in [-0.15, -0.1) is 0 Å². The molecule has 1 aromatic heterocycles. The quantitative estimate of drug-likeness (QED) is 0.858. The number of nitrogens with zero attached hydrogens (tertiary/aromatic N) is 3. The lowest BCUT2D eigenvalue weighted by Crippen LogP contribution is -2.40. The maximum Gasteiger partial charge on any atom is 0.231 e. The first-order valence-corrected chi connectivity index (χ1v) is 8.86. The van der Waals surface area contributed by atoms with Gasteiger partial charge in [-0.05, 0) is 49.4 Å². The lowest BCUT2D eigenvalue weighted by molar-refractivity contribution is -0.132. The Morgan fingerprint density at radius 3 is 3.04 bits per heavy atom. The maximum atomic E-state index is 12.6. The third-order valence-corrected chi connectivity index (χ3v) is 4.92. The van der Waals surface area contributed by atoms with E-state index in [-0.39, 0.29) is 18.7 Å². The highest BCUT2D eigenvalue weighted by Gasteiger charge is 2.25. The van der Waals surface area contributed by atoms with E-state index in [2.05, 4.69) is 11.3 Å². The first-order valence-electron chi connectivity index (χ1n) is 8.86. The zero-order valence-electron chi connectivity index (χ0n) is 14.5. The van der Waals surface area contributed by atoms with E-state index in [0.717, 1.165) is 55.0 Å². The van der Waals surface area contributed by atoms with E-state index in [1.165, 1.54) is 0 Å². The van der Waals surface area contributed by atoms with Gasteiger partial charge in [0.25, 0.3) is 0 Å². The van der Waals surface area contributed by atoms with Crippen molar-refractivity contribution in [2.45, 2.75) is 38.6 Å². The number of aromatic nitrogens is 2. The summed E-state index contributed by atoms with van der Waals surface area (Å²) in [4.78, 5) is 14.6. The third-order valence-electron chi connectivity index (χ3n) is 4.92. The molecule has 1 fully saturated rings. The number of rotatable bonds is 4. The lowest BCUT2D eigenvalue weighted by atomic mass is 10.0. The zero-order valence-corrected chi connectivity index (χ0v) is 14.5. The van der Waals surface area contributed by atoms with Gasteiger partial charge in [0.15, 0.2) is 11.5 Å². The van der Waals surface area contributed by atoms with Gasteiger partial charge in [-0.1, -0.05) is 6.07 Å². The summed E-state index contributed by atoms with van der Waals surface area (Å²) in [5.41, 5.74) is 2.26. The van der Waals surface area contributed by atoms with Gasteiger partial charge in [0.2, 0.25) is 12.7 Å². The van der Waals surface area contributed by atoms with Crippen LogP contribution in [0.2, 0.25) is 0 Å². The normalized spacial score (nSPS) is 19.2. The van der Waals surface area contributed by atoms with E-state index < -0.39 is 0 Å². The van der Waals surface area contributed by atoms with Gasteiger partial charge in [-0.3, -0.25) is 9.48 Å². The minimum atomic E-state index is 0.214. The molecule has 0 N–H and O–H groups in total. The first-order chi connectivity index (χ1) is 12.2. The molecular formula is C19H23N3O3. The Bertz CT molecular complexity index is 771. The molecule has 2 aliphatic rings. The number of piperidine rings is 1. The molecule has 1 saturated heterocycles. The second-order valence-electron chi connectivity index (χ2n) is 6.82. The van der Waals surface area contributed by atoms with E-state index in [1.54, 1.807) is 0 Å². The van der Waals surface area contributed by atoms with Crippen LogP contribution in [0.3, 0.4) is 0 Å². The molecule has 2 aromatic rings. The van der Waals surface area contributed by atoms with Crippen molar-refractivity contribution >= 4 is 5.91 Å². The molecule has 1 amide bonds. The van der Waals surface area contributed by atoms with Gasteiger partial charge in [0.1, 0.15) is 0 Å². The molecule has 0 bridgehead atoms. The van der Waals surface area contributed by atoms with Crippen LogP contribution in [0.5, 0.6) is 11.5 Å². The molecule has 1 atom stereocenters. The van der Waals surface area contributed by atoms with Gasteiger partial charge in [0.05, 0.1) is 12.2 Å². The number of likely N-dealkylation sites (tertiary alicyclic amines) is 1. The second-order valence-corrected chi connectivity index (χ2v) is 6.82. The summed E-state index contributed by atoms with van der Waals surface area (Å²) in [5, 5.41) is 4.41. The van der Waals surface area contributed by atoms with Crippen LogP contribution in [-0.4, -0.2) is 40.5 Å². The van der Waals surface area contributed by atoms with Crippen molar-refractivity contribution in [3.8, 4) is 11.5 Å². The summed E-state index contributed by atoms with van der Waals surface area (Å²) in [5.74, 6) is 1.77. The summed E-state index contributed by atoms with van der Waals surface area (Å²) in [6.07, 6.45) is 7.28. The predicted molar refractivity (Wildman–Crippen MR) is 92.7 cm³/mol. The van der Waals surface area contributed by atoms with Crippen molar-refractivity contribution < 1.29 is 14.3 Å². The molecule has 2 aliphatic heterocycles. The number of carbonyl (C=O) groups excluding carboxylic acids is 1. The Hall–Kier alpha value is -2.50. The SMILES string of the molecule is Cc1cnn([C@H]2CCCN(C(=O)CCc3ccc4c(c3)OCO4)C2)c1. The Labute approximate surface area is 147 Å². The maximum absolute atomic E-state index is 12.6. The molecule has 132 valence electrons. The second kappa shape index (κ2) is 6.78. The number of fused-ring (bicyclic) bond motifs is 1. The molecule has 0 aliphatic carbocycles. The summed E-state index contributed by atoms with van der Waals surface area (Å²) in [6, 6.07) is 6.18. The van der Waals surface area contributed by atoms with Crippen LogP contribution in [0.4, 0.5) is 0 Å². The minimum Gasteiger partial charge on any atom is -0.454 e. The summed E-state index contributed by atoms with van der Waals surface area (Å²) in [7, 11) is 0. The smallest absolute Gasteiger partial charge is 0.231 e. The standard InChI is InChI=1S/C19H23N3O3/c1-14-10-20-22(11-14)16-3-2-8-21(12-16)19(23)7-5-15-4-6-17-18(9-15)25-13-24-17/h4,6,9-11,16H,2-3,5,7-8,12-13H2,1H3/t16-/m0/s1. The number of carbonyl (C=O) groups is 1. The molecule has 0 spiro atoms. The Kier molecular flexibility index (Phi) is 4.34. The van der Waals surface area contributed by atoms with Crippen molar-refractivity contribution in [3.05, 3.63) is 41.7 Å².